The van der Waals surface area contributed by atoms with Crippen LogP contribution in [0.5, 0.6) is 5.75 Å². The molecule has 4 aromatic carbocycles. The molecule has 0 fully saturated rings. The van der Waals surface area contributed by atoms with Crippen LogP contribution in [0.1, 0.15) is 76.1 Å². The number of hydrogen-bond acceptors (Lipinski definition) is 3. The lowest BCUT2D eigenvalue weighted by molar-refractivity contribution is 0.0697. The lowest BCUT2D eigenvalue weighted by Gasteiger charge is -2.24. The summed E-state index contributed by atoms with van der Waals surface area (Å²) in [7, 11) is 1.42. The lowest BCUT2D eigenvalue weighted by Crippen LogP contribution is -2.23. The molecular formula is C37H36FNO4. The fourth-order valence-electron chi connectivity index (χ4n) is 6.02. The number of ether oxygens (including phenoxy) is 1. The third-order valence-electron chi connectivity index (χ3n) is 8.72. The molecule has 1 amide bonds. The molecule has 2 unspecified atom stereocenters. The van der Waals surface area contributed by atoms with Gasteiger partial charge in [-0.1, -0.05) is 67.1 Å². The molecule has 5 rings (SSSR count). The van der Waals surface area contributed by atoms with E-state index in [0.717, 1.165) is 24.0 Å². The summed E-state index contributed by atoms with van der Waals surface area (Å²) in [5.74, 6) is -0.811. The molecule has 0 aromatic heterocycles. The molecule has 1 aliphatic rings. The van der Waals surface area contributed by atoms with Crippen LogP contribution in [0.25, 0.3) is 16.7 Å². The van der Waals surface area contributed by atoms with Gasteiger partial charge < -0.3 is 15.2 Å². The van der Waals surface area contributed by atoms with Gasteiger partial charge in [-0.05, 0) is 108 Å². The van der Waals surface area contributed by atoms with Crippen LogP contribution in [0.4, 0.5) is 4.39 Å². The van der Waals surface area contributed by atoms with E-state index in [-0.39, 0.29) is 24.1 Å². The highest BCUT2D eigenvalue weighted by Crippen LogP contribution is 2.41. The SMILES string of the molecule is COc1ccc(CNC(=O)c2ccc3c(c2)C(C)=C(C)CC(Cc2ccc(-c4ccccc4C(=O)O)cc2)C3C)cc1F. The van der Waals surface area contributed by atoms with Crippen LogP contribution in [0.3, 0.4) is 0 Å². The van der Waals surface area contributed by atoms with E-state index >= 15 is 0 Å². The first-order chi connectivity index (χ1) is 20.7. The van der Waals surface area contributed by atoms with Gasteiger partial charge in [-0.25, -0.2) is 9.18 Å². The van der Waals surface area contributed by atoms with Gasteiger partial charge in [-0.15, -0.1) is 0 Å². The highest BCUT2D eigenvalue weighted by molar-refractivity contribution is 5.96. The summed E-state index contributed by atoms with van der Waals surface area (Å²) in [5, 5.41) is 12.5. The quantitative estimate of drug-likeness (QED) is 0.221. The molecule has 5 nitrogen and oxygen atoms in total. The van der Waals surface area contributed by atoms with Crippen LogP contribution in [-0.4, -0.2) is 24.1 Å². The minimum Gasteiger partial charge on any atom is -0.494 e. The smallest absolute Gasteiger partial charge is 0.336 e. The number of rotatable bonds is 8. The maximum absolute atomic E-state index is 14.1. The van der Waals surface area contributed by atoms with Gasteiger partial charge in [-0.3, -0.25) is 4.79 Å². The van der Waals surface area contributed by atoms with Crippen molar-refractivity contribution in [3.8, 4) is 16.9 Å². The molecule has 0 bridgehead atoms. The van der Waals surface area contributed by atoms with E-state index in [1.807, 2.05) is 36.4 Å². The van der Waals surface area contributed by atoms with Gasteiger partial charge in [0.05, 0.1) is 12.7 Å². The van der Waals surface area contributed by atoms with Gasteiger partial charge in [0.25, 0.3) is 5.91 Å². The Morgan fingerprint density at radius 2 is 1.65 bits per heavy atom. The standard InChI is InChI=1S/C37H36FNO4/c1-22-17-29(18-25-9-12-27(13-10-25)31-7-5-6-8-32(31)37(41)42)24(3)30-15-14-28(20-33(30)23(22)2)36(40)39-21-26-11-16-35(43-4)34(38)19-26/h5-16,19-20,24,29H,17-18,21H2,1-4H3,(H,39,40)(H,41,42). The summed E-state index contributed by atoms with van der Waals surface area (Å²) in [5.41, 5.74) is 9.13. The fraction of sp³-hybridized carbons (Fsp3) is 0.243. The number of fused-ring (bicyclic) bond motifs is 1. The first kappa shape index (κ1) is 29.8. The number of methoxy groups -OCH3 is 1. The number of hydrogen-bond donors (Lipinski definition) is 2. The van der Waals surface area contributed by atoms with Crippen molar-refractivity contribution >= 4 is 17.4 Å². The van der Waals surface area contributed by atoms with Crippen molar-refractivity contribution in [1.82, 2.24) is 5.32 Å². The fourth-order valence-corrected chi connectivity index (χ4v) is 6.02. The predicted molar refractivity (Wildman–Crippen MR) is 168 cm³/mol. The average Bonchev–Trinajstić information content (AvgIpc) is 3.10. The Morgan fingerprint density at radius 3 is 2.35 bits per heavy atom. The Morgan fingerprint density at radius 1 is 0.930 bits per heavy atom. The molecule has 0 saturated heterocycles. The molecule has 1 aliphatic carbocycles. The minimum absolute atomic E-state index is 0.171. The molecular weight excluding hydrogens is 541 g/mol. The summed E-state index contributed by atoms with van der Waals surface area (Å²) in [4.78, 5) is 24.8. The molecule has 0 spiro atoms. The van der Waals surface area contributed by atoms with E-state index in [1.165, 1.54) is 35.4 Å². The van der Waals surface area contributed by atoms with E-state index in [1.54, 1.807) is 24.3 Å². The number of halogens is 1. The number of benzene rings is 4. The Hall–Kier alpha value is -4.71. The highest BCUT2D eigenvalue weighted by Gasteiger charge is 2.27. The topological polar surface area (TPSA) is 75.6 Å². The number of carbonyl (C=O) groups is 2. The molecule has 4 aromatic rings. The van der Waals surface area contributed by atoms with Crippen molar-refractivity contribution in [2.24, 2.45) is 5.92 Å². The summed E-state index contributed by atoms with van der Waals surface area (Å²) < 4.78 is 19.1. The zero-order valence-corrected chi connectivity index (χ0v) is 24.9. The summed E-state index contributed by atoms with van der Waals surface area (Å²) in [6.07, 6.45) is 1.82. The van der Waals surface area contributed by atoms with E-state index in [0.29, 0.717) is 28.2 Å². The van der Waals surface area contributed by atoms with Crippen molar-refractivity contribution in [2.45, 2.75) is 46.1 Å². The third-order valence-corrected chi connectivity index (χ3v) is 8.72. The molecule has 0 heterocycles. The molecule has 0 saturated carbocycles. The number of carboxylic acid groups (broad SMARTS) is 1. The average molecular weight is 578 g/mol. The third kappa shape index (κ3) is 6.38. The van der Waals surface area contributed by atoms with Crippen LogP contribution in [0.2, 0.25) is 0 Å². The van der Waals surface area contributed by atoms with E-state index < -0.39 is 11.8 Å². The van der Waals surface area contributed by atoms with Crippen molar-refractivity contribution in [2.75, 3.05) is 7.11 Å². The molecule has 43 heavy (non-hydrogen) atoms. The normalized spacial score (nSPS) is 16.3. The highest BCUT2D eigenvalue weighted by atomic mass is 19.1. The number of carbonyl (C=O) groups excluding carboxylic acids is 1. The summed E-state index contributed by atoms with van der Waals surface area (Å²) >= 11 is 0. The Labute approximate surface area is 252 Å². The number of nitrogens with one attached hydrogen (secondary N) is 1. The Kier molecular flexibility index (Phi) is 8.76. The van der Waals surface area contributed by atoms with Crippen LogP contribution in [-0.2, 0) is 13.0 Å². The molecule has 2 N–H and O–H groups in total. The van der Waals surface area contributed by atoms with Crippen molar-refractivity contribution in [3.05, 3.63) is 130 Å². The maximum Gasteiger partial charge on any atom is 0.336 e. The number of allylic oxidation sites excluding steroid dienone is 2. The van der Waals surface area contributed by atoms with E-state index in [2.05, 4.69) is 44.3 Å². The molecule has 0 aliphatic heterocycles. The second-order valence-electron chi connectivity index (χ2n) is 11.4. The number of aromatic carboxylic acids is 1. The predicted octanol–water partition coefficient (Wildman–Crippen LogP) is 8.29. The Bertz CT molecular complexity index is 1710. The van der Waals surface area contributed by atoms with Crippen LogP contribution in [0.15, 0.2) is 90.5 Å². The Balaban J connectivity index is 1.33. The van der Waals surface area contributed by atoms with Gasteiger partial charge >= 0.3 is 5.97 Å². The second kappa shape index (κ2) is 12.7. The molecule has 0 radical (unpaired) electrons. The lowest BCUT2D eigenvalue weighted by atomic mass is 9.80. The minimum atomic E-state index is -0.934. The van der Waals surface area contributed by atoms with Gasteiger partial charge in [-0.2, -0.15) is 0 Å². The first-order valence-electron chi connectivity index (χ1n) is 14.5. The largest absolute Gasteiger partial charge is 0.494 e. The monoisotopic (exact) mass is 577 g/mol. The van der Waals surface area contributed by atoms with Crippen LogP contribution in [0, 0.1) is 11.7 Å². The van der Waals surface area contributed by atoms with Crippen molar-refractivity contribution in [3.63, 3.8) is 0 Å². The number of amides is 1. The van der Waals surface area contributed by atoms with Crippen molar-refractivity contribution < 1.29 is 23.8 Å². The second-order valence-corrected chi connectivity index (χ2v) is 11.4. The van der Waals surface area contributed by atoms with Gasteiger partial charge in [0.2, 0.25) is 0 Å². The van der Waals surface area contributed by atoms with Gasteiger partial charge in [0.1, 0.15) is 0 Å². The van der Waals surface area contributed by atoms with Gasteiger partial charge in [0, 0.05) is 12.1 Å². The molecule has 220 valence electrons. The maximum atomic E-state index is 14.1. The molecule has 6 heteroatoms. The molecule has 2 atom stereocenters. The zero-order valence-electron chi connectivity index (χ0n) is 24.9. The zero-order chi connectivity index (χ0) is 30.7. The van der Waals surface area contributed by atoms with E-state index in [4.69, 9.17) is 4.74 Å². The van der Waals surface area contributed by atoms with Crippen LogP contribution < -0.4 is 10.1 Å². The summed E-state index contributed by atoms with van der Waals surface area (Å²) in [6, 6.07) is 25.9. The van der Waals surface area contributed by atoms with Crippen molar-refractivity contribution in [1.29, 1.82) is 0 Å². The first-order valence-corrected chi connectivity index (χ1v) is 14.5. The number of carboxylic acids is 1. The van der Waals surface area contributed by atoms with E-state index in [9.17, 15) is 19.1 Å². The summed E-state index contributed by atoms with van der Waals surface area (Å²) in [6.45, 7) is 6.76. The van der Waals surface area contributed by atoms with Gasteiger partial charge in [0.15, 0.2) is 11.6 Å². The van der Waals surface area contributed by atoms with Crippen LogP contribution >= 0.6 is 0 Å².